The number of rotatable bonds is 7. The van der Waals surface area contributed by atoms with Crippen molar-refractivity contribution in [3.05, 3.63) is 75.8 Å². The Morgan fingerprint density at radius 3 is 2.76 bits per heavy atom. The number of nitrogens with zero attached hydrogens (tertiary/aromatic N) is 6. The van der Waals surface area contributed by atoms with Crippen molar-refractivity contribution in [2.24, 2.45) is 0 Å². The van der Waals surface area contributed by atoms with Gasteiger partial charge in [0.1, 0.15) is 11.8 Å². The Bertz CT molecular complexity index is 1470. The zero-order chi connectivity index (χ0) is 26.1. The van der Waals surface area contributed by atoms with Crippen LogP contribution < -0.4 is 15.2 Å². The van der Waals surface area contributed by atoms with E-state index in [4.69, 9.17) is 9.47 Å². The van der Waals surface area contributed by atoms with Crippen LogP contribution in [-0.4, -0.2) is 76.1 Å². The van der Waals surface area contributed by atoms with Crippen LogP contribution in [0.5, 0.6) is 5.75 Å². The summed E-state index contributed by atoms with van der Waals surface area (Å²) < 4.78 is 13.3. The molecule has 2 aromatic carbocycles. The van der Waals surface area contributed by atoms with E-state index < -0.39 is 0 Å². The van der Waals surface area contributed by atoms with Crippen LogP contribution in [0.3, 0.4) is 0 Å². The number of hydrogen-bond donors (Lipinski definition) is 1. The quantitative estimate of drug-likeness (QED) is 0.401. The largest absolute Gasteiger partial charge is 0.495 e. The van der Waals surface area contributed by atoms with E-state index in [0.29, 0.717) is 17.9 Å². The molecule has 0 spiro atoms. The van der Waals surface area contributed by atoms with Gasteiger partial charge in [0.15, 0.2) is 5.82 Å². The Hall–Kier alpha value is -3.76. The summed E-state index contributed by atoms with van der Waals surface area (Å²) in [5, 5.41) is 13.8. The fourth-order valence-electron chi connectivity index (χ4n) is 5.73. The van der Waals surface area contributed by atoms with Crippen LogP contribution in [0.15, 0.2) is 53.3 Å². The molecule has 2 aliphatic heterocycles. The van der Waals surface area contributed by atoms with Crippen molar-refractivity contribution in [3.63, 3.8) is 0 Å². The summed E-state index contributed by atoms with van der Waals surface area (Å²) in [6.07, 6.45) is 2.11. The van der Waals surface area contributed by atoms with Crippen molar-refractivity contribution in [1.82, 2.24) is 30.1 Å². The zero-order valence-electron chi connectivity index (χ0n) is 21.8. The SMILES string of the molecule is COc1ccccc1N1CCN(C(c2cc3cccc(C)c3[nH]c2=O)c2nnnn2CC2CCCO2)CC1. The molecule has 0 amide bonds. The van der Waals surface area contributed by atoms with Gasteiger partial charge in [-0.15, -0.1) is 5.10 Å². The highest BCUT2D eigenvalue weighted by Crippen LogP contribution is 2.32. The number of pyridine rings is 1. The highest BCUT2D eigenvalue weighted by molar-refractivity contribution is 5.82. The molecule has 38 heavy (non-hydrogen) atoms. The molecular formula is C28H33N7O3. The van der Waals surface area contributed by atoms with Gasteiger partial charge in [-0.25, -0.2) is 4.68 Å². The number of tetrazole rings is 1. The average molecular weight is 516 g/mol. The molecule has 4 aromatic rings. The van der Waals surface area contributed by atoms with Gasteiger partial charge in [0.2, 0.25) is 0 Å². The second kappa shape index (κ2) is 10.5. The smallest absolute Gasteiger partial charge is 0.253 e. The number of fused-ring (bicyclic) bond motifs is 1. The van der Waals surface area contributed by atoms with Crippen LogP contribution in [0.2, 0.25) is 0 Å². The first-order valence-electron chi connectivity index (χ1n) is 13.2. The predicted molar refractivity (Wildman–Crippen MR) is 145 cm³/mol. The van der Waals surface area contributed by atoms with E-state index in [1.54, 1.807) is 7.11 Å². The molecule has 0 aliphatic carbocycles. The van der Waals surface area contributed by atoms with Crippen LogP contribution in [0.4, 0.5) is 5.69 Å². The number of hydrogen-bond acceptors (Lipinski definition) is 8. The van der Waals surface area contributed by atoms with Crippen molar-refractivity contribution in [3.8, 4) is 5.75 Å². The van der Waals surface area contributed by atoms with Gasteiger partial charge in [0, 0.05) is 38.3 Å². The van der Waals surface area contributed by atoms with Crippen LogP contribution >= 0.6 is 0 Å². The average Bonchev–Trinajstić information content (AvgIpc) is 3.63. The van der Waals surface area contributed by atoms with E-state index in [1.165, 1.54) is 0 Å². The summed E-state index contributed by atoms with van der Waals surface area (Å²) >= 11 is 0. The number of aromatic amines is 1. The minimum absolute atomic E-state index is 0.0813. The van der Waals surface area contributed by atoms with E-state index in [9.17, 15) is 4.79 Å². The molecule has 198 valence electrons. The van der Waals surface area contributed by atoms with Gasteiger partial charge in [-0.2, -0.15) is 0 Å². The fraction of sp³-hybridized carbons (Fsp3) is 0.429. The summed E-state index contributed by atoms with van der Waals surface area (Å²) in [7, 11) is 1.70. The Morgan fingerprint density at radius 2 is 1.97 bits per heavy atom. The van der Waals surface area contributed by atoms with E-state index in [2.05, 4.69) is 36.4 Å². The number of H-pyrrole nitrogens is 1. The van der Waals surface area contributed by atoms with Gasteiger partial charge in [-0.05, 0) is 59.3 Å². The summed E-state index contributed by atoms with van der Waals surface area (Å²) in [6.45, 7) is 6.39. The van der Waals surface area contributed by atoms with E-state index >= 15 is 0 Å². The summed E-state index contributed by atoms with van der Waals surface area (Å²) in [4.78, 5) is 21.4. The van der Waals surface area contributed by atoms with Crippen molar-refractivity contribution < 1.29 is 9.47 Å². The second-order valence-electron chi connectivity index (χ2n) is 10.0. The molecular weight excluding hydrogens is 482 g/mol. The molecule has 2 saturated heterocycles. The molecule has 2 atom stereocenters. The standard InChI is InChI=1S/C28H33N7O3/c1-19-7-5-8-20-17-22(28(36)29-25(19)20)26(27-30-31-32-35(27)18-21-9-6-16-38-21)34-14-12-33(13-15-34)23-10-3-4-11-24(23)37-2/h3-5,7-8,10-11,17,21,26H,6,9,12-16,18H2,1-2H3,(H,29,36). The van der Waals surface area contributed by atoms with Crippen LogP contribution in [-0.2, 0) is 11.3 Å². The van der Waals surface area contributed by atoms with Crippen LogP contribution in [0.25, 0.3) is 10.9 Å². The maximum atomic E-state index is 13.6. The lowest BCUT2D eigenvalue weighted by molar-refractivity contribution is 0.0906. The Morgan fingerprint density at radius 1 is 1.13 bits per heavy atom. The molecule has 6 rings (SSSR count). The third-order valence-corrected chi connectivity index (χ3v) is 7.72. The van der Waals surface area contributed by atoms with Crippen LogP contribution in [0, 0.1) is 6.92 Å². The number of benzene rings is 2. The third-order valence-electron chi connectivity index (χ3n) is 7.72. The number of nitrogens with one attached hydrogen (secondary N) is 1. The number of ether oxygens (including phenoxy) is 2. The second-order valence-corrected chi connectivity index (χ2v) is 10.0. The molecule has 10 heteroatoms. The number of methoxy groups -OCH3 is 1. The molecule has 0 bridgehead atoms. The van der Waals surface area contributed by atoms with Gasteiger partial charge in [0.05, 0.1) is 31.0 Å². The molecule has 2 aliphatic rings. The topological polar surface area (TPSA) is 101 Å². The summed E-state index contributed by atoms with van der Waals surface area (Å²) in [5.41, 5.74) is 3.51. The lowest BCUT2D eigenvalue weighted by Crippen LogP contribution is -2.49. The first-order chi connectivity index (χ1) is 18.6. The third kappa shape index (κ3) is 4.65. The molecule has 2 fully saturated rings. The van der Waals surface area contributed by atoms with Gasteiger partial charge in [-0.3, -0.25) is 9.69 Å². The van der Waals surface area contributed by atoms with E-state index in [0.717, 1.165) is 73.5 Å². The van der Waals surface area contributed by atoms with Gasteiger partial charge in [0.25, 0.3) is 5.56 Å². The van der Waals surface area contributed by atoms with E-state index in [1.807, 2.05) is 54.1 Å². The molecule has 0 saturated carbocycles. The number of piperazine rings is 1. The van der Waals surface area contributed by atoms with Crippen molar-refractivity contribution in [1.29, 1.82) is 0 Å². The Labute approximate surface area is 221 Å². The first kappa shape index (κ1) is 24.6. The number of aromatic nitrogens is 5. The summed E-state index contributed by atoms with van der Waals surface area (Å²) in [5.74, 6) is 1.53. The highest BCUT2D eigenvalue weighted by atomic mass is 16.5. The number of anilines is 1. The minimum Gasteiger partial charge on any atom is -0.495 e. The van der Waals surface area contributed by atoms with Gasteiger partial charge in [-0.1, -0.05) is 30.3 Å². The zero-order valence-corrected chi connectivity index (χ0v) is 21.8. The van der Waals surface area contributed by atoms with E-state index in [-0.39, 0.29) is 17.7 Å². The molecule has 2 aromatic heterocycles. The molecule has 4 heterocycles. The predicted octanol–water partition coefficient (Wildman–Crippen LogP) is 2.92. The van der Waals surface area contributed by atoms with Crippen LogP contribution in [0.1, 0.15) is 35.8 Å². The maximum Gasteiger partial charge on any atom is 0.253 e. The fourth-order valence-corrected chi connectivity index (χ4v) is 5.73. The maximum absolute atomic E-state index is 13.6. The van der Waals surface area contributed by atoms with Crippen molar-refractivity contribution in [2.75, 3.05) is 44.8 Å². The van der Waals surface area contributed by atoms with Gasteiger partial charge < -0.3 is 19.4 Å². The normalized spacial score (nSPS) is 19.2. The summed E-state index contributed by atoms with van der Waals surface area (Å²) in [6, 6.07) is 15.8. The van der Waals surface area contributed by atoms with Gasteiger partial charge >= 0.3 is 0 Å². The minimum atomic E-state index is -0.389. The molecule has 1 N–H and O–H groups in total. The Kier molecular flexibility index (Phi) is 6.82. The highest BCUT2D eigenvalue weighted by Gasteiger charge is 2.34. The van der Waals surface area contributed by atoms with Crippen molar-refractivity contribution in [2.45, 2.75) is 38.5 Å². The first-order valence-corrected chi connectivity index (χ1v) is 13.2. The molecule has 0 radical (unpaired) electrons. The number of aryl methyl sites for hydroxylation is 1. The van der Waals surface area contributed by atoms with Crippen molar-refractivity contribution >= 4 is 16.6 Å². The molecule has 10 nitrogen and oxygen atoms in total. The Balaban J connectivity index is 1.36. The monoisotopic (exact) mass is 515 g/mol. The lowest BCUT2D eigenvalue weighted by Gasteiger charge is -2.40. The lowest BCUT2D eigenvalue weighted by atomic mass is 10.0. The molecule has 2 unspecified atom stereocenters. The number of para-hydroxylation sites is 3.